The van der Waals surface area contributed by atoms with Crippen LogP contribution in [0.1, 0.15) is 71.1 Å². The smallest absolute Gasteiger partial charge is 0.0540 e. The van der Waals surface area contributed by atoms with Gasteiger partial charge in [-0.3, -0.25) is 0 Å². The predicted octanol–water partition coefficient (Wildman–Crippen LogP) is 4.14. The highest BCUT2D eigenvalue weighted by atomic mass is 16.3. The zero-order valence-electron chi connectivity index (χ0n) is 10.8. The molecule has 0 aliphatic heterocycles. The number of hydrogen-bond acceptors (Lipinski definition) is 1. The lowest BCUT2D eigenvalue weighted by Crippen LogP contribution is -2.27. The van der Waals surface area contributed by atoms with E-state index in [1.165, 1.54) is 51.4 Å². The van der Waals surface area contributed by atoms with Crippen molar-refractivity contribution in [1.82, 2.24) is 0 Å². The molecule has 0 aromatic rings. The van der Waals surface area contributed by atoms with Gasteiger partial charge in [-0.15, -0.1) is 0 Å². The standard InChI is InChI=1S/C15H28O/c1-2-3-12-4-6-13(7-5-12)14-8-10-15(16)11-9-14/h12-16H,2-11H2,1H3/t12?,13?,14-,15-. The summed E-state index contributed by atoms with van der Waals surface area (Å²) in [6.07, 6.45) is 13.5. The Morgan fingerprint density at radius 1 is 0.812 bits per heavy atom. The largest absolute Gasteiger partial charge is 0.393 e. The minimum absolute atomic E-state index is 0.0210. The van der Waals surface area contributed by atoms with Crippen LogP contribution < -0.4 is 0 Å². The molecule has 2 aliphatic rings. The molecule has 2 saturated carbocycles. The zero-order chi connectivity index (χ0) is 11.4. The van der Waals surface area contributed by atoms with Gasteiger partial charge in [-0.2, -0.15) is 0 Å². The molecule has 0 aromatic heterocycles. The second kappa shape index (κ2) is 6.05. The van der Waals surface area contributed by atoms with Gasteiger partial charge < -0.3 is 5.11 Å². The van der Waals surface area contributed by atoms with Gasteiger partial charge in [-0.05, 0) is 56.3 Å². The molecular weight excluding hydrogens is 196 g/mol. The second-order valence-electron chi connectivity index (χ2n) is 6.14. The maximum absolute atomic E-state index is 9.54. The van der Waals surface area contributed by atoms with Gasteiger partial charge in [0.2, 0.25) is 0 Å². The third kappa shape index (κ3) is 3.23. The van der Waals surface area contributed by atoms with Crippen LogP contribution in [-0.4, -0.2) is 11.2 Å². The van der Waals surface area contributed by atoms with Crippen LogP contribution in [0, 0.1) is 17.8 Å². The van der Waals surface area contributed by atoms with E-state index in [1.807, 2.05) is 0 Å². The fraction of sp³-hybridized carbons (Fsp3) is 1.00. The molecule has 2 rings (SSSR count). The van der Waals surface area contributed by atoms with Crippen molar-refractivity contribution in [2.45, 2.75) is 77.2 Å². The molecule has 0 heterocycles. The zero-order valence-corrected chi connectivity index (χ0v) is 10.8. The van der Waals surface area contributed by atoms with Crippen LogP contribution in [0.5, 0.6) is 0 Å². The summed E-state index contributed by atoms with van der Waals surface area (Å²) in [7, 11) is 0. The Morgan fingerprint density at radius 2 is 1.31 bits per heavy atom. The lowest BCUT2D eigenvalue weighted by Gasteiger charge is -2.36. The molecule has 0 radical (unpaired) electrons. The maximum atomic E-state index is 9.54. The molecule has 0 saturated heterocycles. The Morgan fingerprint density at radius 3 is 1.81 bits per heavy atom. The average Bonchev–Trinajstić information content (AvgIpc) is 2.32. The monoisotopic (exact) mass is 224 g/mol. The first-order valence-corrected chi connectivity index (χ1v) is 7.47. The summed E-state index contributed by atoms with van der Waals surface area (Å²) in [5.74, 6) is 2.99. The fourth-order valence-corrected chi connectivity index (χ4v) is 3.93. The molecule has 0 spiro atoms. The first-order valence-electron chi connectivity index (χ1n) is 7.47. The Labute approximate surface area is 101 Å². The normalized spacial score (nSPS) is 40.9. The highest BCUT2D eigenvalue weighted by Gasteiger charge is 2.29. The van der Waals surface area contributed by atoms with Gasteiger partial charge in [0.1, 0.15) is 0 Å². The molecule has 2 aliphatic carbocycles. The molecule has 0 aromatic carbocycles. The lowest BCUT2D eigenvalue weighted by atomic mass is 9.70. The van der Waals surface area contributed by atoms with E-state index in [2.05, 4.69) is 6.92 Å². The fourth-order valence-electron chi connectivity index (χ4n) is 3.93. The van der Waals surface area contributed by atoms with Crippen molar-refractivity contribution >= 4 is 0 Å². The van der Waals surface area contributed by atoms with Gasteiger partial charge in [-0.25, -0.2) is 0 Å². The molecule has 1 N–H and O–H groups in total. The average molecular weight is 224 g/mol. The van der Waals surface area contributed by atoms with Crippen molar-refractivity contribution in [1.29, 1.82) is 0 Å². The van der Waals surface area contributed by atoms with Crippen LogP contribution in [0.4, 0.5) is 0 Å². The third-order valence-electron chi connectivity index (χ3n) is 5.00. The molecule has 2 fully saturated rings. The topological polar surface area (TPSA) is 20.2 Å². The number of aliphatic hydroxyl groups is 1. The number of aliphatic hydroxyl groups excluding tert-OH is 1. The Hall–Kier alpha value is -0.0400. The lowest BCUT2D eigenvalue weighted by molar-refractivity contribution is 0.0764. The van der Waals surface area contributed by atoms with E-state index in [9.17, 15) is 5.11 Å². The second-order valence-corrected chi connectivity index (χ2v) is 6.14. The van der Waals surface area contributed by atoms with Gasteiger partial charge >= 0.3 is 0 Å². The first-order chi connectivity index (χ1) is 7.79. The van der Waals surface area contributed by atoms with Crippen molar-refractivity contribution in [3.63, 3.8) is 0 Å². The SMILES string of the molecule is CCCC1CCC([C@H]2CC[C@H](O)CC2)CC1. The van der Waals surface area contributed by atoms with E-state index in [1.54, 1.807) is 0 Å². The van der Waals surface area contributed by atoms with Crippen LogP contribution in [0.15, 0.2) is 0 Å². The van der Waals surface area contributed by atoms with Crippen molar-refractivity contribution in [2.24, 2.45) is 17.8 Å². The Bertz CT molecular complexity index is 186. The third-order valence-corrected chi connectivity index (χ3v) is 5.00. The molecule has 1 nitrogen and oxygen atoms in total. The predicted molar refractivity (Wildman–Crippen MR) is 68.3 cm³/mol. The van der Waals surface area contributed by atoms with E-state index < -0.39 is 0 Å². The molecule has 1 heteroatoms. The van der Waals surface area contributed by atoms with Gasteiger partial charge in [0, 0.05) is 0 Å². The molecular formula is C15H28O. The van der Waals surface area contributed by atoms with E-state index in [4.69, 9.17) is 0 Å². The molecule has 16 heavy (non-hydrogen) atoms. The first kappa shape index (κ1) is 12.4. The van der Waals surface area contributed by atoms with Gasteiger partial charge in [-0.1, -0.05) is 32.6 Å². The maximum Gasteiger partial charge on any atom is 0.0540 e. The number of rotatable bonds is 3. The van der Waals surface area contributed by atoms with Crippen molar-refractivity contribution in [3.05, 3.63) is 0 Å². The summed E-state index contributed by atoms with van der Waals surface area (Å²) in [6.45, 7) is 2.31. The molecule has 94 valence electrons. The van der Waals surface area contributed by atoms with Gasteiger partial charge in [0.25, 0.3) is 0 Å². The highest BCUT2D eigenvalue weighted by Crippen LogP contribution is 2.40. The van der Waals surface area contributed by atoms with Crippen molar-refractivity contribution < 1.29 is 5.11 Å². The Balaban J connectivity index is 1.72. The highest BCUT2D eigenvalue weighted by molar-refractivity contribution is 4.81. The summed E-state index contributed by atoms with van der Waals surface area (Å²) in [5, 5.41) is 9.54. The van der Waals surface area contributed by atoms with Gasteiger partial charge in [0.05, 0.1) is 6.10 Å². The number of hydrogen-bond donors (Lipinski definition) is 1. The van der Waals surface area contributed by atoms with E-state index in [0.29, 0.717) is 0 Å². The van der Waals surface area contributed by atoms with E-state index in [-0.39, 0.29) is 6.10 Å². The van der Waals surface area contributed by atoms with Crippen LogP contribution in [0.2, 0.25) is 0 Å². The quantitative estimate of drug-likeness (QED) is 0.763. The summed E-state index contributed by atoms with van der Waals surface area (Å²) < 4.78 is 0. The summed E-state index contributed by atoms with van der Waals surface area (Å²) in [6, 6.07) is 0. The minimum atomic E-state index is 0.0210. The minimum Gasteiger partial charge on any atom is -0.393 e. The van der Waals surface area contributed by atoms with Crippen LogP contribution in [0.25, 0.3) is 0 Å². The van der Waals surface area contributed by atoms with Crippen molar-refractivity contribution in [3.8, 4) is 0 Å². The van der Waals surface area contributed by atoms with Crippen LogP contribution in [0.3, 0.4) is 0 Å². The molecule has 0 bridgehead atoms. The summed E-state index contributed by atoms with van der Waals surface area (Å²) >= 11 is 0. The summed E-state index contributed by atoms with van der Waals surface area (Å²) in [4.78, 5) is 0. The van der Waals surface area contributed by atoms with Gasteiger partial charge in [0.15, 0.2) is 0 Å². The summed E-state index contributed by atoms with van der Waals surface area (Å²) in [5.41, 5.74) is 0. The van der Waals surface area contributed by atoms with E-state index >= 15 is 0 Å². The van der Waals surface area contributed by atoms with E-state index in [0.717, 1.165) is 30.6 Å². The van der Waals surface area contributed by atoms with Crippen molar-refractivity contribution in [2.75, 3.05) is 0 Å². The van der Waals surface area contributed by atoms with Crippen LogP contribution in [-0.2, 0) is 0 Å². The molecule has 0 atom stereocenters. The van der Waals surface area contributed by atoms with Crippen LogP contribution >= 0.6 is 0 Å². The molecule has 0 amide bonds. The molecule has 0 unspecified atom stereocenters. The Kier molecular flexibility index (Phi) is 4.69.